The van der Waals surface area contributed by atoms with Gasteiger partial charge in [0.05, 0.1) is 23.3 Å². The summed E-state index contributed by atoms with van der Waals surface area (Å²) in [6.45, 7) is 2.31. The molecule has 2 atom stereocenters. The number of aromatic amines is 1. The Balaban J connectivity index is 1.78. The number of nitrogens with zero attached hydrogens (tertiary/aromatic N) is 2. The van der Waals surface area contributed by atoms with Crippen molar-refractivity contribution in [2.45, 2.75) is 38.6 Å². The van der Waals surface area contributed by atoms with Crippen molar-refractivity contribution < 1.29 is 0 Å². The third-order valence-electron chi connectivity index (χ3n) is 3.86. The van der Waals surface area contributed by atoms with E-state index in [1.54, 1.807) is 0 Å². The highest BCUT2D eigenvalue weighted by Crippen LogP contribution is 2.26. The fourth-order valence-corrected chi connectivity index (χ4v) is 2.72. The second kappa shape index (κ2) is 4.92. The number of nitrogens with one attached hydrogen (secondary N) is 1. The van der Waals surface area contributed by atoms with Crippen LogP contribution >= 0.6 is 0 Å². The number of para-hydroxylation sites is 2. The van der Waals surface area contributed by atoms with E-state index in [0.717, 1.165) is 16.9 Å². The third kappa shape index (κ3) is 2.30. The molecule has 1 N–H and O–H groups in total. The van der Waals surface area contributed by atoms with Crippen molar-refractivity contribution in [3.63, 3.8) is 0 Å². The van der Waals surface area contributed by atoms with Gasteiger partial charge in [0, 0.05) is 0 Å². The molecule has 2 aromatic rings. The minimum absolute atomic E-state index is 0.479. The van der Waals surface area contributed by atoms with Gasteiger partial charge in [-0.1, -0.05) is 31.9 Å². The predicted molar refractivity (Wildman–Crippen MR) is 75.1 cm³/mol. The number of aromatic nitrogens is 2. The van der Waals surface area contributed by atoms with Crippen molar-refractivity contribution >= 4 is 17.2 Å². The average molecular weight is 241 g/mol. The average Bonchev–Trinajstić information content (AvgIpc) is 2.80. The first-order valence-electron chi connectivity index (χ1n) is 6.81. The molecule has 0 radical (unpaired) electrons. The van der Waals surface area contributed by atoms with Gasteiger partial charge in [-0.15, -0.1) is 0 Å². The van der Waals surface area contributed by atoms with E-state index < -0.39 is 0 Å². The summed E-state index contributed by atoms with van der Waals surface area (Å²) in [5.74, 6) is 1.58. The highest BCUT2D eigenvalue weighted by molar-refractivity contribution is 5.83. The Morgan fingerprint density at radius 2 is 2.11 bits per heavy atom. The molecule has 1 aromatic carbocycles. The van der Waals surface area contributed by atoms with Crippen LogP contribution in [-0.4, -0.2) is 22.2 Å². The van der Waals surface area contributed by atoms with Crippen molar-refractivity contribution in [2.75, 3.05) is 0 Å². The molecule has 0 saturated heterocycles. The van der Waals surface area contributed by atoms with E-state index in [0.29, 0.717) is 12.0 Å². The molecule has 3 nitrogen and oxygen atoms in total. The van der Waals surface area contributed by atoms with E-state index in [4.69, 9.17) is 4.99 Å². The fourth-order valence-electron chi connectivity index (χ4n) is 2.72. The summed E-state index contributed by atoms with van der Waals surface area (Å²) in [5.41, 5.74) is 2.09. The molecule has 0 aliphatic heterocycles. The Bertz CT molecular complexity index is 523. The predicted octanol–water partition coefficient (Wildman–Crippen LogP) is 3.56. The van der Waals surface area contributed by atoms with Crippen LogP contribution in [0, 0.1) is 5.92 Å². The summed E-state index contributed by atoms with van der Waals surface area (Å²) in [5, 5.41) is 0. The molecule has 3 rings (SSSR count). The molecular weight excluding hydrogens is 222 g/mol. The minimum Gasteiger partial charge on any atom is -0.337 e. The molecule has 1 saturated carbocycles. The fraction of sp³-hybridized carbons (Fsp3) is 0.467. The maximum Gasteiger partial charge on any atom is 0.149 e. The second-order valence-electron chi connectivity index (χ2n) is 5.25. The molecule has 0 bridgehead atoms. The quantitative estimate of drug-likeness (QED) is 0.802. The standard InChI is InChI=1S/C15H19N3/c1-11-6-2-3-7-12(11)16-10-15-17-13-8-4-5-9-14(13)18-15/h4-5,8-12H,2-3,6-7H2,1H3,(H,17,18). The Kier molecular flexibility index (Phi) is 3.13. The Morgan fingerprint density at radius 3 is 2.94 bits per heavy atom. The summed E-state index contributed by atoms with van der Waals surface area (Å²) < 4.78 is 0. The molecule has 0 spiro atoms. The number of rotatable bonds is 2. The number of H-pyrrole nitrogens is 1. The number of hydrogen-bond donors (Lipinski definition) is 1. The lowest BCUT2D eigenvalue weighted by atomic mass is 9.86. The highest BCUT2D eigenvalue weighted by Gasteiger charge is 2.19. The summed E-state index contributed by atoms with van der Waals surface area (Å²) in [4.78, 5) is 12.5. The zero-order valence-electron chi connectivity index (χ0n) is 10.8. The Morgan fingerprint density at radius 1 is 1.28 bits per heavy atom. The molecule has 3 heteroatoms. The maximum absolute atomic E-state index is 4.71. The number of fused-ring (bicyclic) bond motifs is 1. The number of hydrogen-bond acceptors (Lipinski definition) is 2. The summed E-state index contributed by atoms with van der Waals surface area (Å²) in [6, 6.07) is 8.57. The lowest BCUT2D eigenvalue weighted by Gasteiger charge is -2.24. The van der Waals surface area contributed by atoms with Gasteiger partial charge in [-0.05, 0) is 30.9 Å². The second-order valence-corrected chi connectivity index (χ2v) is 5.25. The monoisotopic (exact) mass is 241 g/mol. The van der Waals surface area contributed by atoms with Gasteiger partial charge in [-0.25, -0.2) is 4.98 Å². The van der Waals surface area contributed by atoms with Crippen molar-refractivity contribution in [3.05, 3.63) is 30.1 Å². The zero-order chi connectivity index (χ0) is 12.4. The van der Waals surface area contributed by atoms with E-state index in [9.17, 15) is 0 Å². The number of benzene rings is 1. The van der Waals surface area contributed by atoms with Crippen LogP contribution in [0.5, 0.6) is 0 Å². The van der Waals surface area contributed by atoms with Gasteiger partial charge in [0.2, 0.25) is 0 Å². The van der Waals surface area contributed by atoms with Gasteiger partial charge in [0.25, 0.3) is 0 Å². The Labute approximate surface area is 107 Å². The zero-order valence-corrected chi connectivity index (χ0v) is 10.8. The molecule has 0 amide bonds. The summed E-state index contributed by atoms with van der Waals surface area (Å²) >= 11 is 0. The first-order valence-corrected chi connectivity index (χ1v) is 6.81. The largest absolute Gasteiger partial charge is 0.337 e. The highest BCUT2D eigenvalue weighted by atomic mass is 14.9. The van der Waals surface area contributed by atoms with Crippen molar-refractivity contribution in [1.29, 1.82) is 0 Å². The third-order valence-corrected chi connectivity index (χ3v) is 3.86. The summed E-state index contributed by atoms with van der Waals surface area (Å²) in [7, 11) is 0. The molecule has 1 aliphatic rings. The van der Waals surface area contributed by atoms with Crippen LogP contribution in [0.3, 0.4) is 0 Å². The molecule has 1 fully saturated rings. The van der Waals surface area contributed by atoms with Gasteiger partial charge in [0.1, 0.15) is 5.82 Å². The lowest BCUT2D eigenvalue weighted by Crippen LogP contribution is -2.20. The van der Waals surface area contributed by atoms with Crippen LogP contribution in [0.15, 0.2) is 29.3 Å². The van der Waals surface area contributed by atoms with Gasteiger partial charge < -0.3 is 4.98 Å². The SMILES string of the molecule is CC1CCCCC1N=Cc1nc2ccccc2[nH]1. The molecule has 2 unspecified atom stereocenters. The van der Waals surface area contributed by atoms with E-state index >= 15 is 0 Å². The lowest BCUT2D eigenvalue weighted by molar-refractivity contribution is 0.333. The van der Waals surface area contributed by atoms with Gasteiger partial charge >= 0.3 is 0 Å². The van der Waals surface area contributed by atoms with Crippen molar-refractivity contribution in [3.8, 4) is 0 Å². The van der Waals surface area contributed by atoms with Crippen molar-refractivity contribution in [2.24, 2.45) is 10.9 Å². The van der Waals surface area contributed by atoms with Crippen LogP contribution < -0.4 is 0 Å². The van der Waals surface area contributed by atoms with Crippen LogP contribution in [0.1, 0.15) is 38.4 Å². The molecule has 94 valence electrons. The van der Waals surface area contributed by atoms with Crippen LogP contribution in [0.4, 0.5) is 0 Å². The summed E-state index contributed by atoms with van der Waals surface area (Å²) in [6.07, 6.45) is 7.11. The van der Waals surface area contributed by atoms with Gasteiger partial charge in [0.15, 0.2) is 0 Å². The Hall–Kier alpha value is -1.64. The molecular formula is C15H19N3. The van der Waals surface area contributed by atoms with Gasteiger partial charge in [-0.3, -0.25) is 4.99 Å². The van der Waals surface area contributed by atoms with Crippen LogP contribution in [0.25, 0.3) is 11.0 Å². The first kappa shape index (κ1) is 11.5. The molecule has 1 heterocycles. The normalized spacial score (nSPS) is 24.9. The molecule has 1 aliphatic carbocycles. The van der Waals surface area contributed by atoms with Crippen LogP contribution in [-0.2, 0) is 0 Å². The minimum atomic E-state index is 0.479. The first-order chi connectivity index (χ1) is 8.83. The van der Waals surface area contributed by atoms with E-state index in [1.807, 2.05) is 30.5 Å². The smallest absolute Gasteiger partial charge is 0.149 e. The number of imidazole rings is 1. The number of aliphatic imine (C=N–C) groups is 1. The topological polar surface area (TPSA) is 41.0 Å². The molecule has 18 heavy (non-hydrogen) atoms. The maximum atomic E-state index is 4.71. The van der Waals surface area contributed by atoms with E-state index in [1.165, 1.54) is 25.7 Å². The molecule has 1 aromatic heterocycles. The van der Waals surface area contributed by atoms with Crippen LogP contribution in [0.2, 0.25) is 0 Å². The van der Waals surface area contributed by atoms with Gasteiger partial charge in [-0.2, -0.15) is 0 Å². The van der Waals surface area contributed by atoms with Crippen molar-refractivity contribution in [1.82, 2.24) is 9.97 Å². The van der Waals surface area contributed by atoms with E-state index in [-0.39, 0.29) is 0 Å². The van der Waals surface area contributed by atoms with E-state index in [2.05, 4.69) is 16.9 Å².